The first-order valence-electron chi connectivity index (χ1n) is 6.61. The number of hydrogen-bond donors (Lipinski definition) is 2. The molecule has 3 heterocycles. The van der Waals surface area contributed by atoms with Crippen LogP contribution in [0, 0.1) is 5.92 Å². The highest BCUT2D eigenvalue weighted by Gasteiger charge is 2.41. The van der Waals surface area contributed by atoms with Crippen molar-refractivity contribution >= 4 is 17.3 Å². The lowest BCUT2D eigenvalue weighted by Gasteiger charge is -2.33. The summed E-state index contributed by atoms with van der Waals surface area (Å²) in [5.41, 5.74) is 3.07. The molecule has 0 aliphatic carbocycles. The lowest BCUT2D eigenvalue weighted by Crippen LogP contribution is -2.39. The van der Waals surface area contributed by atoms with Crippen LogP contribution in [-0.2, 0) is 0 Å². The molecule has 0 radical (unpaired) electrons. The first kappa shape index (κ1) is 13.9. The van der Waals surface area contributed by atoms with Crippen LogP contribution < -0.4 is 16.2 Å². The summed E-state index contributed by atoms with van der Waals surface area (Å²) in [5, 5.41) is 0. The molecule has 6 nitrogen and oxygen atoms in total. The monoisotopic (exact) mass is 300 g/mol. The normalized spacial score (nSPS) is 17.4. The standard InChI is InChI=1S/C12H15F3N6/c13-12(14,15)8-1-4-20(5-2-8)11-10-17-3-6-21(10)7-9(18-11)19-16/h3,6-8,19H,1-2,4-5,16H2. The van der Waals surface area contributed by atoms with E-state index in [1.807, 2.05) is 4.90 Å². The van der Waals surface area contributed by atoms with Crippen molar-refractivity contribution in [3.05, 3.63) is 18.6 Å². The number of nitrogens with two attached hydrogens (primary N) is 1. The number of aromatic nitrogens is 3. The van der Waals surface area contributed by atoms with Crippen molar-refractivity contribution in [2.75, 3.05) is 23.4 Å². The Kier molecular flexibility index (Phi) is 3.36. The van der Waals surface area contributed by atoms with Gasteiger partial charge in [-0.15, -0.1) is 0 Å². The van der Waals surface area contributed by atoms with E-state index in [-0.39, 0.29) is 12.8 Å². The molecular formula is C12H15F3N6. The molecule has 0 atom stereocenters. The second kappa shape index (κ2) is 5.06. The summed E-state index contributed by atoms with van der Waals surface area (Å²) in [7, 11) is 0. The molecule has 1 fully saturated rings. The summed E-state index contributed by atoms with van der Waals surface area (Å²) in [6.07, 6.45) is 1.04. The van der Waals surface area contributed by atoms with Crippen molar-refractivity contribution in [1.29, 1.82) is 0 Å². The molecule has 2 aromatic rings. The van der Waals surface area contributed by atoms with Gasteiger partial charge in [-0.2, -0.15) is 13.2 Å². The number of nitrogen functional groups attached to an aromatic ring is 1. The summed E-state index contributed by atoms with van der Waals surface area (Å²) < 4.78 is 39.9. The van der Waals surface area contributed by atoms with E-state index in [2.05, 4.69) is 15.4 Å². The van der Waals surface area contributed by atoms with Gasteiger partial charge in [0.25, 0.3) is 0 Å². The quantitative estimate of drug-likeness (QED) is 0.653. The lowest BCUT2D eigenvalue weighted by atomic mass is 9.96. The Morgan fingerprint density at radius 3 is 2.62 bits per heavy atom. The van der Waals surface area contributed by atoms with Crippen molar-refractivity contribution < 1.29 is 13.2 Å². The topological polar surface area (TPSA) is 71.5 Å². The van der Waals surface area contributed by atoms with E-state index >= 15 is 0 Å². The number of rotatable bonds is 2. The maximum Gasteiger partial charge on any atom is 0.391 e. The Balaban J connectivity index is 1.86. The minimum Gasteiger partial charge on any atom is -0.353 e. The smallest absolute Gasteiger partial charge is 0.353 e. The van der Waals surface area contributed by atoms with Crippen LogP contribution in [0.4, 0.5) is 24.8 Å². The van der Waals surface area contributed by atoms with Crippen molar-refractivity contribution in [2.45, 2.75) is 19.0 Å². The lowest BCUT2D eigenvalue weighted by molar-refractivity contribution is -0.179. The van der Waals surface area contributed by atoms with Gasteiger partial charge < -0.3 is 14.7 Å². The van der Waals surface area contributed by atoms with E-state index in [0.29, 0.717) is 30.4 Å². The van der Waals surface area contributed by atoms with Gasteiger partial charge in [-0.1, -0.05) is 0 Å². The molecule has 21 heavy (non-hydrogen) atoms. The Morgan fingerprint density at radius 2 is 2.00 bits per heavy atom. The second-order valence-corrected chi connectivity index (χ2v) is 5.06. The van der Waals surface area contributed by atoms with Gasteiger partial charge in [-0.3, -0.25) is 0 Å². The molecule has 0 bridgehead atoms. The van der Waals surface area contributed by atoms with E-state index in [4.69, 9.17) is 5.84 Å². The minimum absolute atomic E-state index is 0.0678. The molecule has 0 spiro atoms. The van der Waals surface area contributed by atoms with Gasteiger partial charge in [-0.25, -0.2) is 15.8 Å². The van der Waals surface area contributed by atoms with Gasteiger partial charge in [0.1, 0.15) is 0 Å². The number of halogens is 3. The maximum atomic E-state index is 12.7. The van der Waals surface area contributed by atoms with Gasteiger partial charge in [0, 0.05) is 25.5 Å². The number of fused-ring (bicyclic) bond motifs is 1. The number of alkyl halides is 3. The van der Waals surface area contributed by atoms with E-state index < -0.39 is 12.1 Å². The molecule has 3 N–H and O–H groups in total. The van der Waals surface area contributed by atoms with Crippen molar-refractivity contribution in [3.63, 3.8) is 0 Å². The molecule has 114 valence electrons. The highest BCUT2D eigenvalue weighted by atomic mass is 19.4. The molecule has 1 aliphatic rings. The zero-order valence-corrected chi connectivity index (χ0v) is 11.1. The molecule has 3 rings (SSSR count). The number of nitrogens with zero attached hydrogens (tertiary/aromatic N) is 4. The van der Waals surface area contributed by atoms with Crippen molar-refractivity contribution in [2.24, 2.45) is 11.8 Å². The van der Waals surface area contributed by atoms with Crippen LogP contribution in [0.2, 0.25) is 0 Å². The molecular weight excluding hydrogens is 285 g/mol. The highest BCUT2D eigenvalue weighted by molar-refractivity contribution is 5.66. The minimum atomic E-state index is -4.12. The van der Waals surface area contributed by atoms with Gasteiger partial charge >= 0.3 is 6.18 Å². The van der Waals surface area contributed by atoms with Crippen LogP contribution in [-0.4, -0.2) is 33.6 Å². The fourth-order valence-corrected chi connectivity index (χ4v) is 2.62. The van der Waals surface area contributed by atoms with Crippen LogP contribution >= 0.6 is 0 Å². The predicted octanol–water partition coefficient (Wildman–Crippen LogP) is 1.79. The molecule has 2 aromatic heterocycles. The molecule has 1 saturated heterocycles. The third kappa shape index (κ3) is 2.60. The zero-order valence-electron chi connectivity index (χ0n) is 11.1. The van der Waals surface area contributed by atoms with E-state index in [1.54, 1.807) is 23.0 Å². The Bertz CT molecular complexity index is 629. The van der Waals surface area contributed by atoms with Crippen molar-refractivity contribution in [1.82, 2.24) is 14.4 Å². The van der Waals surface area contributed by atoms with Crippen LogP contribution in [0.1, 0.15) is 12.8 Å². The first-order valence-corrected chi connectivity index (χ1v) is 6.61. The molecule has 0 saturated carbocycles. The Hall–Kier alpha value is -2.03. The average molecular weight is 300 g/mol. The third-order valence-electron chi connectivity index (χ3n) is 3.76. The summed E-state index contributed by atoms with van der Waals surface area (Å²) >= 11 is 0. The van der Waals surface area contributed by atoms with E-state index in [1.165, 1.54) is 0 Å². The van der Waals surface area contributed by atoms with Crippen LogP contribution in [0.15, 0.2) is 18.6 Å². The third-order valence-corrected chi connectivity index (χ3v) is 3.76. The fraction of sp³-hybridized carbons (Fsp3) is 0.500. The molecule has 0 amide bonds. The van der Waals surface area contributed by atoms with Gasteiger partial charge in [0.05, 0.1) is 12.1 Å². The average Bonchev–Trinajstić information content (AvgIpc) is 2.93. The predicted molar refractivity (Wildman–Crippen MR) is 71.8 cm³/mol. The van der Waals surface area contributed by atoms with Gasteiger partial charge in [-0.05, 0) is 12.8 Å². The highest BCUT2D eigenvalue weighted by Crippen LogP contribution is 2.35. The summed E-state index contributed by atoms with van der Waals surface area (Å²) in [4.78, 5) is 10.4. The number of nitrogens with one attached hydrogen (secondary N) is 1. The summed E-state index contributed by atoms with van der Waals surface area (Å²) in [6.45, 7) is 0.599. The maximum absolute atomic E-state index is 12.7. The summed E-state index contributed by atoms with van der Waals surface area (Å²) in [6, 6.07) is 0. The molecule has 9 heteroatoms. The molecule has 1 aliphatic heterocycles. The number of imidazole rings is 1. The number of anilines is 2. The number of hydrogen-bond acceptors (Lipinski definition) is 5. The second-order valence-electron chi connectivity index (χ2n) is 5.06. The fourth-order valence-electron chi connectivity index (χ4n) is 2.62. The van der Waals surface area contributed by atoms with Crippen molar-refractivity contribution in [3.8, 4) is 0 Å². The zero-order chi connectivity index (χ0) is 15.0. The van der Waals surface area contributed by atoms with Crippen LogP contribution in [0.3, 0.4) is 0 Å². The molecule has 0 aromatic carbocycles. The number of piperidine rings is 1. The van der Waals surface area contributed by atoms with Gasteiger partial charge in [0.2, 0.25) is 0 Å². The largest absolute Gasteiger partial charge is 0.391 e. The van der Waals surface area contributed by atoms with E-state index in [0.717, 1.165) is 0 Å². The molecule has 0 unspecified atom stereocenters. The first-order chi connectivity index (χ1) is 9.99. The Labute approximate surface area is 118 Å². The number of hydrazine groups is 1. The Morgan fingerprint density at radius 1 is 1.29 bits per heavy atom. The van der Waals surface area contributed by atoms with Gasteiger partial charge in [0.15, 0.2) is 17.3 Å². The van der Waals surface area contributed by atoms with E-state index in [9.17, 15) is 13.2 Å². The SMILES string of the molecule is NNc1cn2ccnc2c(N2CCC(C(F)(F)F)CC2)n1. The van der Waals surface area contributed by atoms with Crippen LogP contribution in [0.5, 0.6) is 0 Å². The van der Waals surface area contributed by atoms with Crippen LogP contribution in [0.25, 0.3) is 5.65 Å². The summed E-state index contributed by atoms with van der Waals surface area (Å²) in [5.74, 6) is 5.13.